The predicted molar refractivity (Wildman–Crippen MR) is 142 cm³/mol. The fourth-order valence-electron chi connectivity index (χ4n) is 4.92. The van der Waals surface area contributed by atoms with E-state index >= 15 is 0 Å². The van der Waals surface area contributed by atoms with Crippen LogP contribution in [0.5, 0.6) is 0 Å². The molecule has 0 radical (unpaired) electrons. The van der Waals surface area contributed by atoms with Crippen LogP contribution in [0, 0.1) is 0 Å². The summed E-state index contributed by atoms with van der Waals surface area (Å²) in [7, 11) is 1.93. The van der Waals surface area contributed by atoms with Gasteiger partial charge in [0.05, 0.1) is 36.1 Å². The molecule has 0 bridgehead atoms. The van der Waals surface area contributed by atoms with Gasteiger partial charge in [0.15, 0.2) is 5.65 Å². The first-order valence-corrected chi connectivity index (χ1v) is 13.2. The summed E-state index contributed by atoms with van der Waals surface area (Å²) in [6.07, 6.45) is 5.18. The summed E-state index contributed by atoms with van der Waals surface area (Å²) < 4.78 is 29.7. The first kappa shape index (κ1) is 25.5. The Morgan fingerprint density at radius 2 is 2.05 bits per heavy atom. The number of epoxide rings is 1. The van der Waals surface area contributed by atoms with Crippen molar-refractivity contribution in [2.45, 2.75) is 57.6 Å². The van der Waals surface area contributed by atoms with Crippen molar-refractivity contribution in [2.24, 2.45) is 0 Å². The van der Waals surface area contributed by atoms with Crippen LogP contribution in [0.25, 0.3) is 17.2 Å². The van der Waals surface area contributed by atoms with Crippen molar-refractivity contribution in [3.05, 3.63) is 53.9 Å². The zero-order valence-electron chi connectivity index (χ0n) is 22.5. The van der Waals surface area contributed by atoms with E-state index in [0.717, 1.165) is 17.9 Å². The molecule has 206 valence electrons. The Bertz CT molecular complexity index is 1500. The number of halogens is 1. The van der Waals surface area contributed by atoms with Gasteiger partial charge in [0.2, 0.25) is 11.7 Å². The highest BCUT2D eigenvalue weighted by molar-refractivity contribution is 5.93. The van der Waals surface area contributed by atoms with E-state index in [4.69, 9.17) is 14.2 Å². The molecule has 3 atom stereocenters. The molecule has 12 heteroatoms. The lowest BCUT2D eigenvalue weighted by Crippen LogP contribution is -2.46. The second-order valence-corrected chi connectivity index (χ2v) is 11.3. The molecule has 39 heavy (non-hydrogen) atoms. The number of pyridine rings is 1. The molecule has 1 amide bonds. The molecule has 0 aliphatic carbocycles. The number of piperidine rings is 1. The van der Waals surface area contributed by atoms with Gasteiger partial charge in [-0.05, 0) is 52.4 Å². The molecule has 11 nitrogen and oxygen atoms in total. The number of hydrogen-bond acceptors (Lipinski definition) is 8. The van der Waals surface area contributed by atoms with Gasteiger partial charge in [-0.1, -0.05) is 5.16 Å². The van der Waals surface area contributed by atoms with Crippen molar-refractivity contribution in [1.29, 1.82) is 0 Å². The van der Waals surface area contributed by atoms with Crippen molar-refractivity contribution in [3.63, 3.8) is 0 Å². The van der Waals surface area contributed by atoms with Gasteiger partial charge in [-0.2, -0.15) is 4.98 Å². The summed E-state index contributed by atoms with van der Waals surface area (Å²) in [5.41, 5.74) is 3.17. The van der Waals surface area contributed by atoms with Gasteiger partial charge < -0.3 is 29.4 Å². The molecular weight excluding hydrogens is 503 g/mol. The van der Waals surface area contributed by atoms with Crippen LogP contribution in [0.2, 0.25) is 0 Å². The average Bonchev–Trinajstić information content (AvgIpc) is 3.29. The van der Waals surface area contributed by atoms with Crippen molar-refractivity contribution in [1.82, 2.24) is 34.3 Å². The number of ether oxygens (including phenoxy) is 1. The number of anilines is 1. The first-order chi connectivity index (χ1) is 18.7. The molecule has 2 aliphatic rings. The minimum Gasteiger partial charge on any atom is -0.376 e. The van der Waals surface area contributed by atoms with Crippen LogP contribution in [0.1, 0.15) is 55.2 Å². The number of carbonyl (C=O) groups excluding carboxylic acids is 1. The Morgan fingerprint density at radius 1 is 1.23 bits per heavy atom. The summed E-state index contributed by atoms with van der Waals surface area (Å²) in [5, 5.41) is 10.4. The average molecular weight is 537 g/mol. The van der Waals surface area contributed by atoms with E-state index in [1.165, 1.54) is 0 Å². The summed E-state index contributed by atoms with van der Waals surface area (Å²) in [6, 6.07) is 5.28. The Labute approximate surface area is 225 Å². The van der Waals surface area contributed by atoms with Crippen LogP contribution in [0.3, 0.4) is 0 Å². The molecular formula is C27H33FN8O3. The second kappa shape index (κ2) is 9.76. The molecule has 2 fully saturated rings. The maximum atomic E-state index is 14.8. The predicted octanol–water partition coefficient (Wildman–Crippen LogP) is 3.40. The van der Waals surface area contributed by atoms with Gasteiger partial charge in [-0.15, -0.1) is 0 Å². The fraction of sp³-hybridized carbons (Fsp3) is 0.481. The number of hydrogen-bond donors (Lipinski definition) is 2. The van der Waals surface area contributed by atoms with E-state index in [1.54, 1.807) is 6.07 Å². The number of imidazole rings is 1. The highest BCUT2D eigenvalue weighted by Gasteiger charge is 2.35. The third kappa shape index (κ3) is 5.13. The van der Waals surface area contributed by atoms with Crippen molar-refractivity contribution in [2.75, 3.05) is 32.1 Å². The smallest absolute Gasteiger partial charge is 0.253 e. The molecule has 0 saturated carbocycles. The van der Waals surface area contributed by atoms with Crippen molar-refractivity contribution in [3.8, 4) is 11.5 Å². The maximum Gasteiger partial charge on any atom is 0.253 e. The Hall–Kier alpha value is -3.77. The minimum absolute atomic E-state index is 0.0793. The van der Waals surface area contributed by atoms with Crippen molar-refractivity contribution < 1.29 is 18.4 Å². The molecule has 4 aromatic heterocycles. The summed E-state index contributed by atoms with van der Waals surface area (Å²) in [5.74, 6) is 0.340. The third-order valence-corrected chi connectivity index (χ3v) is 7.22. The van der Waals surface area contributed by atoms with Crippen LogP contribution >= 0.6 is 0 Å². The van der Waals surface area contributed by atoms with Crippen LogP contribution in [-0.2, 0) is 16.8 Å². The topological polar surface area (TPSA) is 118 Å². The lowest BCUT2D eigenvalue weighted by atomic mass is 10.0. The molecule has 0 aromatic carbocycles. The van der Waals surface area contributed by atoms with Crippen LogP contribution in [-0.4, -0.2) is 73.9 Å². The number of amides is 1. The van der Waals surface area contributed by atoms with E-state index < -0.39 is 6.17 Å². The zero-order valence-corrected chi connectivity index (χ0v) is 22.5. The third-order valence-electron chi connectivity index (χ3n) is 7.22. The number of nitrogens with one attached hydrogen (secondary N) is 2. The molecule has 2 N–H and O–H groups in total. The molecule has 2 aliphatic heterocycles. The molecule has 0 spiro atoms. The molecule has 6 heterocycles. The molecule has 4 aromatic rings. The van der Waals surface area contributed by atoms with Gasteiger partial charge in [0, 0.05) is 37.2 Å². The lowest BCUT2D eigenvalue weighted by molar-refractivity contribution is 0.0946. The van der Waals surface area contributed by atoms with E-state index in [0.29, 0.717) is 42.3 Å². The van der Waals surface area contributed by atoms with E-state index in [2.05, 4.69) is 41.5 Å². The number of alkyl halides is 1. The fourth-order valence-corrected chi connectivity index (χ4v) is 4.92. The SMILES string of the molecule is CN1CC[C@@H](Nc2cccn3c([C@@H]4CO4)c(-c4noc(CNC(=O)c5ccn(C(C)(C)C)c5)n4)nc23)[C@@H](F)C1. The molecule has 2 saturated heterocycles. The normalized spacial score (nSPS) is 21.8. The zero-order chi connectivity index (χ0) is 27.3. The van der Waals surface area contributed by atoms with Gasteiger partial charge in [0.25, 0.3) is 5.91 Å². The summed E-state index contributed by atoms with van der Waals surface area (Å²) in [6.45, 7) is 8.07. The van der Waals surface area contributed by atoms with E-state index in [9.17, 15) is 9.18 Å². The van der Waals surface area contributed by atoms with Gasteiger partial charge in [-0.25, -0.2) is 9.37 Å². The number of nitrogens with zero attached hydrogens (tertiary/aromatic N) is 6. The summed E-state index contributed by atoms with van der Waals surface area (Å²) >= 11 is 0. The van der Waals surface area contributed by atoms with E-state index in [-0.39, 0.29) is 36.0 Å². The first-order valence-electron chi connectivity index (χ1n) is 13.2. The Kier molecular flexibility index (Phi) is 6.38. The molecule has 0 unspecified atom stereocenters. The maximum absolute atomic E-state index is 14.8. The summed E-state index contributed by atoms with van der Waals surface area (Å²) in [4.78, 5) is 24.0. The number of carbonyl (C=O) groups is 1. The second-order valence-electron chi connectivity index (χ2n) is 11.3. The van der Waals surface area contributed by atoms with E-state index in [1.807, 2.05) is 51.6 Å². The van der Waals surface area contributed by atoms with Crippen LogP contribution in [0.15, 0.2) is 41.3 Å². The number of rotatable bonds is 7. The highest BCUT2D eigenvalue weighted by atomic mass is 19.1. The van der Waals surface area contributed by atoms with Crippen LogP contribution in [0.4, 0.5) is 10.1 Å². The Morgan fingerprint density at radius 3 is 2.77 bits per heavy atom. The number of fused-ring (bicyclic) bond motifs is 1. The van der Waals surface area contributed by atoms with Gasteiger partial charge in [-0.3, -0.25) is 9.20 Å². The lowest BCUT2D eigenvalue weighted by Gasteiger charge is -2.33. The van der Waals surface area contributed by atoms with Crippen LogP contribution < -0.4 is 10.6 Å². The Balaban J connectivity index is 1.22. The van der Waals surface area contributed by atoms with Gasteiger partial charge >= 0.3 is 0 Å². The minimum atomic E-state index is -0.980. The number of aromatic nitrogens is 5. The molecule has 6 rings (SSSR count). The monoisotopic (exact) mass is 536 g/mol. The highest BCUT2D eigenvalue weighted by Crippen LogP contribution is 2.38. The van der Waals surface area contributed by atoms with Gasteiger partial charge in [0.1, 0.15) is 18.0 Å². The van der Waals surface area contributed by atoms with Crippen molar-refractivity contribution >= 4 is 17.2 Å². The number of likely N-dealkylation sites (tertiary alicyclic amines) is 1. The quantitative estimate of drug-likeness (QED) is 0.345. The standard InChI is InChI=1S/C27H33FN8O3/c1-27(2,3)35-11-7-16(13-35)26(37)29-12-21-31-24(33-39-21)22-23(20-15-38-20)36-9-5-6-19(25(36)32-22)30-18-8-10-34(4)14-17(18)28/h5-7,9,11,13,17-18,20,30H,8,10,12,14-15H2,1-4H3,(H,29,37)/t17-,18+,20-/m0/s1. The largest absolute Gasteiger partial charge is 0.376 e.